The van der Waals surface area contributed by atoms with Crippen molar-refractivity contribution >= 4 is 35.9 Å². The van der Waals surface area contributed by atoms with E-state index in [1.807, 2.05) is 6.07 Å². The van der Waals surface area contributed by atoms with Crippen molar-refractivity contribution in [1.82, 2.24) is 15.1 Å². The van der Waals surface area contributed by atoms with Crippen molar-refractivity contribution in [3.63, 3.8) is 0 Å². The Bertz CT molecular complexity index is 624. The minimum atomic E-state index is -0.129. The maximum absolute atomic E-state index is 12.0. The number of hydrogen-bond acceptors (Lipinski definition) is 4. The van der Waals surface area contributed by atoms with Crippen LogP contribution < -0.4 is 5.32 Å². The maximum Gasteiger partial charge on any atom is 0.310 e. The first-order chi connectivity index (χ1) is 13.0. The van der Waals surface area contributed by atoms with Gasteiger partial charge in [-0.25, -0.2) is 0 Å². The SMILES string of the molecule is CCNC(=NCC(Cc1ccccc1)N(C)C)N1CC(C)C(C(=O)OC)C1.I. The number of nitrogens with zero attached hydrogens (tertiary/aromatic N) is 3. The Balaban J connectivity index is 0.00000392. The smallest absolute Gasteiger partial charge is 0.310 e. The molecule has 2 rings (SSSR count). The lowest BCUT2D eigenvalue weighted by atomic mass is 9.99. The highest BCUT2D eigenvalue weighted by Gasteiger charge is 2.36. The minimum Gasteiger partial charge on any atom is -0.469 e. The van der Waals surface area contributed by atoms with Crippen molar-refractivity contribution in [2.75, 3.05) is 47.4 Å². The number of guanidine groups is 1. The highest BCUT2D eigenvalue weighted by Crippen LogP contribution is 2.24. The van der Waals surface area contributed by atoms with E-state index in [0.29, 0.717) is 19.1 Å². The van der Waals surface area contributed by atoms with Crippen molar-refractivity contribution < 1.29 is 9.53 Å². The largest absolute Gasteiger partial charge is 0.469 e. The van der Waals surface area contributed by atoms with Gasteiger partial charge in [0.1, 0.15) is 0 Å². The Labute approximate surface area is 186 Å². The van der Waals surface area contributed by atoms with Gasteiger partial charge < -0.3 is 19.9 Å². The second-order valence-electron chi connectivity index (χ2n) is 7.51. The summed E-state index contributed by atoms with van der Waals surface area (Å²) in [5.41, 5.74) is 1.32. The quantitative estimate of drug-likeness (QED) is 0.269. The Morgan fingerprint density at radius 1 is 1.32 bits per heavy atom. The Kier molecular flexibility index (Phi) is 10.8. The number of nitrogens with one attached hydrogen (secondary N) is 1. The van der Waals surface area contributed by atoms with Crippen LogP contribution in [0.1, 0.15) is 19.4 Å². The van der Waals surface area contributed by atoms with Gasteiger partial charge in [0.2, 0.25) is 0 Å². The Morgan fingerprint density at radius 2 is 2.00 bits per heavy atom. The molecular weight excluding hydrogens is 467 g/mol. The fraction of sp³-hybridized carbons (Fsp3) is 0.619. The zero-order valence-corrected chi connectivity index (χ0v) is 20.1. The topological polar surface area (TPSA) is 57.2 Å². The predicted molar refractivity (Wildman–Crippen MR) is 125 cm³/mol. The number of rotatable bonds is 7. The van der Waals surface area contributed by atoms with E-state index in [-0.39, 0.29) is 41.8 Å². The number of likely N-dealkylation sites (tertiary alicyclic amines) is 1. The number of aliphatic imine (C=N–C) groups is 1. The summed E-state index contributed by atoms with van der Waals surface area (Å²) in [6, 6.07) is 10.8. The first kappa shape index (κ1) is 24.7. The second kappa shape index (κ2) is 12.3. The molecule has 1 aliphatic heterocycles. The van der Waals surface area contributed by atoms with Crippen molar-refractivity contribution in [3.8, 4) is 0 Å². The number of methoxy groups -OCH3 is 1. The van der Waals surface area contributed by atoms with E-state index in [0.717, 1.165) is 25.5 Å². The third kappa shape index (κ3) is 6.92. The summed E-state index contributed by atoms with van der Waals surface area (Å²) < 4.78 is 4.96. The summed E-state index contributed by atoms with van der Waals surface area (Å²) in [5.74, 6) is 0.926. The number of esters is 1. The van der Waals surface area contributed by atoms with Gasteiger partial charge >= 0.3 is 5.97 Å². The van der Waals surface area contributed by atoms with E-state index in [4.69, 9.17) is 9.73 Å². The van der Waals surface area contributed by atoms with Gasteiger partial charge in [-0.3, -0.25) is 9.79 Å². The molecule has 1 aromatic rings. The lowest BCUT2D eigenvalue weighted by Crippen LogP contribution is -2.42. The molecule has 1 saturated heterocycles. The van der Waals surface area contributed by atoms with Gasteiger partial charge in [0.05, 0.1) is 19.6 Å². The molecule has 0 amide bonds. The first-order valence-corrected chi connectivity index (χ1v) is 9.77. The molecule has 0 aliphatic carbocycles. The molecule has 158 valence electrons. The monoisotopic (exact) mass is 502 g/mol. The van der Waals surface area contributed by atoms with Crippen molar-refractivity contribution in [1.29, 1.82) is 0 Å². The van der Waals surface area contributed by atoms with Crippen molar-refractivity contribution in [3.05, 3.63) is 35.9 Å². The van der Waals surface area contributed by atoms with E-state index in [2.05, 4.69) is 67.3 Å². The van der Waals surface area contributed by atoms with Crippen LogP contribution in [0, 0.1) is 11.8 Å². The average Bonchev–Trinajstić information content (AvgIpc) is 3.05. The first-order valence-electron chi connectivity index (χ1n) is 9.77. The van der Waals surface area contributed by atoms with Gasteiger partial charge in [-0.15, -0.1) is 24.0 Å². The van der Waals surface area contributed by atoms with Crippen LogP contribution in [-0.4, -0.2) is 75.2 Å². The Hall–Kier alpha value is -1.35. The second-order valence-corrected chi connectivity index (χ2v) is 7.51. The number of likely N-dealkylation sites (N-methyl/N-ethyl adjacent to an activating group) is 1. The van der Waals surface area contributed by atoms with E-state index < -0.39 is 0 Å². The molecule has 1 aliphatic rings. The highest BCUT2D eigenvalue weighted by molar-refractivity contribution is 14.0. The molecule has 28 heavy (non-hydrogen) atoms. The van der Waals surface area contributed by atoms with Crippen molar-refractivity contribution in [2.45, 2.75) is 26.3 Å². The van der Waals surface area contributed by atoms with Crippen LogP contribution in [0.25, 0.3) is 0 Å². The molecule has 0 saturated carbocycles. The summed E-state index contributed by atoms with van der Waals surface area (Å²) in [4.78, 5) is 21.3. The van der Waals surface area contributed by atoms with Crippen LogP contribution in [0.15, 0.2) is 35.3 Å². The van der Waals surface area contributed by atoms with Gasteiger partial charge in [-0.05, 0) is 38.9 Å². The van der Waals surface area contributed by atoms with Crippen molar-refractivity contribution in [2.24, 2.45) is 16.8 Å². The summed E-state index contributed by atoms with van der Waals surface area (Å²) in [6.07, 6.45) is 0.956. The summed E-state index contributed by atoms with van der Waals surface area (Å²) in [5, 5.41) is 3.39. The molecule has 0 radical (unpaired) electrons. The number of carbonyl (C=O) groups excluding carboxylic acids is 1. The van der Waals surface area contributed by atoms with Gasteiger partial charge in [-0.2, -0.15) is 0 Å². The van der Waals surface area contributed by atoms with Gasteiger partial charge in [0.25, 0.3) is 0 Å². The molecule has 1 N–H and O–H groups in total. The molecule has 1 fully saturated rings. The minimum absolute atomic E-state index is 0. The van der Waals surface area contributed by atoms with Crippen LogP contribution in [0.2, 0.25) is 0 Å². The van der Waals surface area contributed by atoms with Crippen LogP contribution >= 0.6 is 24.0 Å². The van der Waals surface area contributed by atoms with Crippen LogP contribution in [0.3, 0.4) is 0 Å². The molecule has 3 unspecified atom stereocenters. The number of halogens is 1. The standard InChI is InChI=1S/C21H34N4O2.HI/c1-6-22-21(25-14-16(2)19(15-25)20(26)27-5)23-13-18(24(3)4)12-17-10-8-7-9-11-17;/h7-11,16,18-19H,6,12-15H2,1-5H3,(H,22,23);1H. The van der Waals surface area contributed by atoms with Gasteiger partial charge in [-0.1, -0.05) is 37.3 Å². The van der Waals surface area contributed by atoms with Crippen LogP contribution in [0.5, 0.6) is 0 Å². The van der Waals surface area contributed by atoms with E-state index in [9.17, 15) is 4.79 Å². The molecule has 0 spiro atoms. The highest BCUT2D eigenvalue weighted by atomic mass is 127. The van der Waals surface area contributed by atoms with E-state index in [1.165, 1.54) is 12.7 Å². The average molecular weight is 502 g/mol. The zero-order chi connectivity index (χ0) is 19.8. The lowest BCUT2D eigenvalue weighted by Gasteiger charge is -2.25. The molecule has 0 aromatic heterocycles. The molecule has 3 atom stereocenters. The molecule has 6 nitrogen and oxygen atoms in total. The van der Waals surface area contributed by atoms with E-state index in [1.54, 1.807) is 0 Å². The Morgan fingerprint density at radius 3 is 2.57 bits per heavy atom. The summed E-state index contributed by atoms with van der Waals surface area (Å²) in [7, 11) is 5.66. The molecule has 7 heteroatoms. The third-order valence-electron chi connectivity index (χ3n) is 5.25. The zero-order valence-electron chi connectivity index (χ0n) is 17.7. The number of ether oxygens (including phenoxy) is 1. The number of benzene rings is 1. The third-order valence-corrected chi connectivity index (χ3v) is 5.25. The predicted octanol–water partition coefficient (Wildman–Crippen LogP) is 2.48. The fourth-order valence-electron chi connectivity index (χ4n) is 3.51. The van der Waals surface area contributed by atoms with Crippen LogP contribution in [0.4, 0.5) is 0 Å². The lowest BCUT2D eigenvalue weighted by molar-refractivity contribution is -0.145. The molecule has 1 heterocycles. The van der Waals surface area contributed by atoms with Gasteiger partial charge in [0, 0.05) is 25.7 Å². The summed E-state index contributed by atoms with van der Waals surface area (Å²) >= 11 is 0. The molecule has 1 aromatic carbocycles. The van der Waals surface area contributed by atoms with E-state index >= 15 is 0 Å². The fourth-order valence-corrected chi connectivity index (χ4v) is 3.51. The number of carbonyl (C=O) groups is 1. The molecule has 0 bridgehead atoms. The van der Waals surface area contributed by atoms with Crippen LogP contribution in [-0.2, 0) is 16.0 Å². The molecular formula is C21H35IN4O2. The normalized spacial score (nSPS) is 20.6. The maximum atomic E-state index is 12.0. The summed E-state index contributed by atoms with van der Waals surface area (Å²) in [6.45, 7) is 7.15. The van der Waals surface area contributed by atoms with Gasteiger partial charge in [0.15, 0.2) is 5.96 Å². The number of hydrogen-bond donors (Lipinski definition) is 1.